The van der Waals surface area contributed by atoms with Gasteiger partial charge in [0.05, 0.1) is 0 Å². The zero-order valence-electron chi connectivity index (χ0n) is 11.2. The third-order valence-electron chi connectivity index (χ3n) is 2.46. The Bertz CT molecular complexity index is 599. The Balaban J connectivity index is 2.01. The molecule has 1 heterocycles. The fourth-order valence-corrected chi connectivity index (χ4v) is 3.18. The number of hydrazine groups is 1. The number of nitrogens with zero attached hydrogens (tertiary/aromatic N) is 3. The van der Waals surface area contributed by atoms with E-state index in [9.17, 15) is 4.79 Å². The lowest BCUT2D eigenvalue weighted by Gasteiger charge is -2.04. The highest BCUT2D eigenvalue weighted by Gasteiger charge is 2.08. The van der Waals surface area contributed by atoms with Gasteiger partial charge in [-0.05, 0) is 17.7 Å². The lowest BCUT2D eigenvalue weighted by molar-refractivity contribution is 0.0953. The van der Waals surface area contributed by atoms with Gasteiger partial charge in [-0.2, -0.15) is 0 Å². The maximum atomic E-state index is 11.4. The summed E-state index contributed by atoms with van der Waals surface area (Å²) in [7, 11) is 3.87. The SMILES string of the molecule is CN(C)c1nnc(SCc2cccc(C(=O)NN)c2)s1. The number of nitrogen functional groups attached to an aromatic ring is 1. The molecule has 6 nitrogen and oxygen atoms in total. The predicted molar refractivity (Wildman–Crippen MR) is 81.9 cm³/mol. The highest BCUT2D eigenvalue weighted by molar-refractivity contribution is 8.00. The number of benzene rings is 1. The summed E-state index contributed by atoms with van der Waals surface area (Å²) in [6.45, 7) is 0. The van der Waals surface area contributed by atoms with Gasteiger partial charge in [-0.3, -0.25) is 10.2 Å². The van der Waals surface area contributed by atoms with Crippen molar-refractivity contribution in [2.75, 3.05) is 19.0 Å². The van der Waals surface area contributed by atoms with Crippen LogP contribution in [0.25, 0.3) is 0 Å². The number of anilines is 1. The number of nitrogens with one attached hydrogen (secondary N) is 1. The number of rotatable bonds is 5. The standard InChI is InChI=1S/C12H15N5OS2/c1-17(2)11-15-16-12(20-11)19-7-8-4-3-5-9(6-8)10(18)14-13/h3-6H,7,13H2,1-2H3,(H,14,18). The van der Waals surface area contributed by atoms with E-state index in [-0.39, 0.29) is 5.91 Å². The normalized spacial score (nSPS) is 10.3. The minimum Gasteiger partial charge on any atom is -0.353 e. The molecule has 0 saturated heterocycles. The number of amides is 1. The van der Waals surface area contributed by atoms with Crippen molar-refractivity contribution < 1.29 is 4.79 Å². The first-order valence-corrected chi connectivity index (χ1v) is 7.64. The summed E-state index contributed by atoms with van der Waals surface area (Å²) in [5, 5.41) is 9.08. The molecule has 1 aromatic heterocycles. The molecule has 0 bridgehead atoms. The Morgan fingerprint density at radius 3 is 2.90 bits per heavy atom. The first-order chi connectivity index (χ1) is 9.60. The predicted octanol–water partition coefficient (Wildman–Crippen LogP) is 1.50. The number of aromatic nitrogens is 2. The fourth-order valence-electron chi connectivity index (χ4n) is 1.47. The average Bonchev–Trinajstić information content (AvgIpc) is 2.93. The van der Waals surface area contributed by atoms with E-state index in [1.165, 1.54) is 0 Å². The first-order valence-electron chi connectivity index (χ1n) is 5.83. The van der Waals surface area contributed by atoms with Gasteiger partial charge in [-0.1, -0.05) is 35.2 Å². The van der Waals surface area contributed by atoms with E-state index in [0.29, 0.717) is 5.56 Å². The number of carbonyl (C=O) groups excluding carboxylic acids is 1. The summed E-state index contributed by atoms with van der Waals surface area (Å²) < 4.78 is 0.905. The van der Waals surface area contributed by atoms with E-state index in [2.05, 4.69) is 15.6 Å². The Hall–Kier alpha value is -1.64. The van der Waals surface area contributed by atoms with Gasteiger partial charge in [0, 0.05) is 25.4 Å². The average molecular weight is 309 g/mol. The van der Waals surface area contributed by atoms with Crippen LogP contribution in [0.4, 0.5) is 5.13 Å². The summed E-state index contributed by atoms with van der Waals surface area (Å²) in [4.78, 5) is 13.4. The number of nitrogens with two attached hydrogens (primary N) is 1. The molecular weight excluding hydrogens is 294 g/mol. The minimum atomic E-state index is -0.289. The highest BCUT2D eigenvalue weighted by atomic mass is 32.2. The largest absolute Gasteiger partial charge is 0.353 e. The summed E-state index contributed by atoms with van der Waals surface area (Å²) in [6, 6.07) is 7.36. The summed E-state index contributed by atoms with van der Waals surface area (Å²) in [5.41, 5.74) is 3.72. The van der Waals surface area contributed by atoms with Crippen molar-refractivity contribution in [3.05, 3.63) is 35.4 Å². The first kappa shape index (κ1) is 14.8. The van der Waals surface area contributed by atoms with Crippen LogP contribution in [0.15, 0.2) is 28.6 Å². The molecule has 0 radical (unpaired) electrons. The Morgan fingerprint density at radius 1 is 1.45 bits per heavy atom. The molecule has 106 valence electrons. The lowest BCUT2D eigenvalue weighted by Crippen LogP contribution is -2.29. The second kappa shape index (κ2) is 6.69. The number of hydrogen-bond donors (Lipinski definition) is 2. The van der Waals surface area contributed by atoms with E-state index in [4.69, 9.17) is 5.84 Å². The molecule has 0 saturated carbocycles. The summed E-state index contributed by atoms with van der Waals surface area (Å²) in [6.07, 6.45) is 0. The molecule has 20 heavy (non-hydrogen) atoms. The van der Waals surface area contributed by atoms with Gasteiger partial charge in [-0.25, -0.2) is 5.84 Å². The Morgan fingerprint density at radius 2 is 2.25 bits per heavy atom. The molecule has 2 rings (SSSR count). The quantitative estimate of drug-likeness (QED) is 0.377. The number of thioether (sulfide) groups is 1. The summed E-state index contributed by atoms with van der Waals surface area (Å²) in [5.74, 6) is 5.56. The van der Waals surface area contributed by atoms with Crippen molar-refractivity contribution >= 4 is 34.1 Å². The molecule has 0 aliphatic heterocycles. The van der Waals surface area contributed by atoms with Gasteiger partial charge in [-0.15, -0.1) is 10.2 Å². The van der Waals surface area contributed by atoms with Gasteiger partial charge in [0.2, 0.25) is 5.13 Å². The zero-order valence-corrected chi connectivity index (χ0v) is 12.8. The van der Waals surface area contributed by atoms with E-state index < -0.39 is 0 Å². The topological polar surface area (TPSA) is 84.1 Å². The van der Waals surface area contributed by atoms with E-state index in [1.807, 2.05) is 37.2 Å². The third kappa shape index (κ3) is 3.69. The van der Waals surface area contributed by atoms with Crippen LogP contribution in [0.1, 0.15) is 15.9 Å². The zero-order chi connectivity index (χ0) is 14.5. The van der Waals surface area contributed by atoms with Crippen LogP contribution in [0, 0.1) is 0 Å². The third-order valence-corrected chi connectivity index (χ3v) is 4.76. The molecule has 1 aromatic carbocycles. The van der Waals surface area contributed by atoms with Crippen LogP contribution >= 0.6 is 23.1 Å². The molecule has 0 fully saturated rings. The number of hydrogen-bond acceptors (Lipinski definition) is 7. The van der Waals surface area contributed by atoms with Gasteiger partial charge < -0.3 is 4.90 Å². The van der Waals surface area contributed by atoms with E-state index in [1.54, 1.807) is 29.2 Å². The fraction of sp³-hybridized carbons (Fsp3) is 0.250. The second-order valence-corrected chi connectivity index (χ2v) is 6.39. The molecule has 0 aliphatic carbocycles. The van der Waals surface area contributed by atoms with E-state index >= 15 is 0 Å². The van der Waals surface area contributed by atoms with Crippen LogP contribution in [0.5, 0.6) is 0 Å². The highest BCUT2D eigenvalue weighted by Crippen LogP contribution is 2.29. The van der Waals surface area contributed by atoms with E-state index in [0.717, 1.165) is 20.8 Å². The lowest BCUT2D eigenvalue weighted by atomic mass is 10.1. The van der Waals surface area contributed by atoms with Crippen LogP contribution in [-0.2, 0) is 5.75 Å². The summed E-state index contributed by atoms with van der Waals surface area (Å²) >= 11 is 3.14. The van der Waals surface area contributed by atoms with Gasteiger partial charge in [0.15, 0.2) is 4.34 Å². The molecule has 0 spiro atoms. The maximum Gasteiger partial charge on any atom is 0.265 e. The molecule has 0 aliphatic rings. The monoisotopic (exact) mass is 309 g/mol. The van der Waals surface area contributed by atoms with Gasteiger partial charge in [0.25, 0.3) is 5.91 Å². The smallest absolute Gasteiger partial charge is 0.265 e. The van der Waals surface area contributed by atoms with Crippen molar-refractivity contribution in [2.45, 2.75) is 10.1 Å². The Labute approximate surface area is 125 Å². The maximum absolute atomic E-state index is 11.4. The molecule has 0 atom stereocenters. The van der Waals surface area contributed by atoms with Crippen molar-refractivity contribution in [2.24, 2.45) is 5.84 Å². The van der Waals surface area contributed by atoms with Crippen molar-refractivity contribution in [3.63, 3.8) is 0 Å². The van der Waals surface area contributed by atoms with Gasteiger partial charge >= 0.3 is 0 Å². The molecule has 1 amide bonds. The molecule has 0 unspecified atom stereocenters. The Kier molecular flexibility index (Phi) is 4.94. The van der Waals surface area contributed by atoms with Crippen LogP contribution in [0.2, 0.25) is 0 Å². The minimum absolute atomic E-state index is 0.289. The molecular formula is C12H15N5OS2. The second-order valence-electron chi connectivity index (χ2n) is 4.21. The molecule has 8 heteroatoms. The van der Waals surface area contributed by atoms with Crippen LogP contribution in [-0.4, -0.2) is 30.2 Å². The van der Waals surface area contributed by atoms with Crippen molar-refractivity contribution in [3.8, 4) is 0 Å². The molecule has 3 N–H and O–H groups in total. The van der Waals surface area contributed by atoms with Gasteiger partial charge in [0.1, 0.15) is 0 Å². The molecule has 2 aromatic rings. The van der Waals surface area contributed by atoms with Crippen molar-refractivity contribution in [1.82, 2.24) is 15.6 Å². The van der Waals surface area contributed by atoms with Crippen molar-refractivity contribution in [1.29, 1.82) is 0 Å². The van der Waals surface area contributed by atoms with Crippen LogP contribution in [0.3, 0.4) is 0 Å². The van der Waals surface area contributed by atoms with Crippen LogP contribution < -0.4 is 16.2 Å². The number of carbonyl (C=O) groups is 1.